The van der Waals surface area contributed by atoms with Crippen LogP contribution in [0.15, 0.2) is 53.7 Å². The third kappa shape index (κ3) is 7.16. The van der Waals surface area contributed by atoms with Crippen LogP contribution in [0.5, 0.6) is 5.75 Å². The van der Waals surface area contributed by atoms with Gasteiger partial charge in [-0.2, -0.15) is 0 Å². The molecule has 0 atom stereocenters. The maximum Gasteiger partial charge on any atom is 0.328 e. The van der Waals surface area contributed by atoms with Crippen LogP contribution in [0.1, 0.15) is 0 Å². The molecule has 1 aromatic rings. The predicted octanol–water partition coefficient (Wildman–Crippen LogP) is 1.48. The molecule has 21 heavy (non-hydrogen) atoms. The van der Waals surface area contributed by atoms with Crippen molar-refractivity contribution in [2.45, 2.75) is 0 Å². The van der Waals surface area contributed by atoms with E-state index in [-0.39, 0.29) is 11.5 Å². The van der Waals surface area contributed by atoms with Gasteiger partial charge in [-0.05, 0) is 36.4 Å². The van der Waals surface area contributed by atoms with E-state index in [4.69, 9.17) is 15.3 Å². The Hall–Kier alpha value is -3.09. The molecule has 1 aromatic carbocycles. The molecule has 0 bridgehead atoms. The molecule has 7 heteroatoms. The van der Waals surface area contributed by atoms with Gasteiger partial charge in [0.05, 0.1) is 5.71 Å². The Morgan fingerprint density at radius 3 is 2.33 bits per heavy atom. The van der Waals surface area contributed by atoms with Crippen LogP contribution in [-0.2, 0) is 9.59 Å². The van der Waals surface area contributed by atoms with Gasteiger partial charge in [-0.25, -0.2) is 4.79 Å². The molecule has 0 aromatic heterocycles. The van der Waals surface area contributed by atoms with Crippen molar-refractivity contribution >= 4 is 23.3 Å². The number of hydrogen-bond acceptors (Lipinski definition) is 5. The molecule has 4 N–H and O–H groups in total. The van der Waals surface area contributed by atoms with Crippen LogP contribution in [0, 0.1) is 0 Å². The van der Waals surface area contributed by atoms with Crippen LogP contribution < -0.4 is 5.32 Å². The molecular weight excluding hydrogens is 276 g/mol. The first-order chi connectivity index (χ1) is 9.97. The van der Waals surface area contributed by atoms with E-state index in [0.717, 1.165) is 6.08 Å². The van der Waals surface area contributed by atoms with Gasteiger partial charge in [0.25, 0.3) is 0 Å². The molecule has 1 rings (SSSR count). The zero-order valence-electron chi connectivity index (χ0n) is 10.9. The molecule has 0 saturated heterocycles. The minimum absolute atomic E-state index is 0.137. The van der Waals surface area contributed by atoms with Crippen molar-refractivity contribution in [3.8, 4) is 5.75 Å². The Kier molecular flexibility index (Phi) is 6.20. The molecule has 0 amide bonds. The lowest BCUT2D eigenvalue weighted by Crippen LogP contribution is -2.03. The largest absolute Gasteiger partial charge is 0.508 e. The molecular formula is C14H14N2O5. The number of nitrogens with one attached hydrogen (secondary N) is 1. The average Bonchev–Trinajstić information content (AvgIpc) is 2.43. The van der Waals surface area contributed by atoms with E-state index >= 15 is 0 Å². The van der Waals surface area contributed by atoms with Crippen molar-refractivity contribution in [2.24, 2.45) is 4.99 Å². The highest BCUT2D eigenvalue weighted by Gasteiger charge is 1.96. The minimum atomic E-state index is -1.15. The molecule has 0 saturated carbocycles. The monoisotopic (exact) mass is 290 g/mol. The van der Waals surface area contributed by atoms with Crippen LogP contribution >= 0.6 is 0 Å². The summed E-state index contributed by atoms with van der Waals surface area (Å²) in [6, 6.07) is 6.28. The Labute approximate surface area is 120 Å². The van der Waals surface area contributed by atoms with Crippen LogP contribution in [0.4, 0.5) is 5.69 Å². The SMILES string of the molecule is O=C(O)/C=C\C(/C=C/Nc1ccc(O)cc1)=NCC(=O)O. The fraction of sp³-hybridized carbons (Fsp3) is 0.0714. The van der Waals surface area contributed by atoms with Gasteiger partial charge in [0, 0.05) is 18.0 Å². The number of rotatable bonds is 7. The highest BCUT2D eigenvalue weighted by molar-refractivity contribution is 6.07. The van der Waals surface area contributed by atoms with Gasteiger partial charge < -0.3 is 20.6 Å². The quantitative estimate of drug-likeness (QED) is 0.343. The lowest BCUT2D eigenvalue weighted by molar-refractivity contribution is -0.135. The van der Waals surface area contributed by atoms with Gasteiger partial charge in [0.2, 0.25) is 0 Å². The molecule has 0 spiro atoms. The first-order valence-electron chi connectivity index (χ1n) is 5.87. The Bertz CT molecular complexity index is 588. The fourth-order valence-electron chi connectivity index (χ4n) is 1.26. The van der Waals surface area contributed by atoms with Crippen LogP contribution in [-0.4, -0.2) is 39.5 Å². The molecule has 110 valence electrons. The highest BCUT2D eigenvalue weighted by atomic mass is 16.4. The maximum atomic E-state index is 10.5. The number of carbonyl (C=O) groups is 2. The normalized spacial score (nSPS) is 11.9. The van der Waals surface area contributed by atoms with Gasteiger partial charge in [-0.15, -0.1) is 0 Å². The van der Waals surface area contributed by atoms with E-state index in [2.05, 4.69) is 10.3 Å². The van der Waals surface area contributed by atoms with E-state index in [1.54, 1.807) is 12.1 Å². The summed E-state index contributed by atoms with van der Waals surface area (Å²) in [5, 5.41) is 29.1. The van der Waals surface area contributed by atoms with Crippen LogP contribution in [0.25, 0.3) is 0 Å². The molecule has 0 unspecified atom stereocenters. The number of aromatic hydroxyl groups is 1. The zero-order valence-corrected chi connectivity index (χ0v) is 10.9. The van der Waals surface area contributed by atoms with Crippen molar-refractivity contribution in [1.82, 2.24) is 0 Å². The van der Waals surface area contributed by atoms with E-state index in [1.807, 2.05) is 0 Å². The number of carboxylic acids is 2. The van der Waals surface area contributed by atoms with E-state index in [0.29, 0.717) is 5.69 Å². The van der Waals surface area contributed by atoms with Crippen molar-refractivity contribution in [3.05, 3.63) is 48.7 Å². The smallest absolute Gasteiger partial charge is 0.328 e. The van der Waals surface area contributed by atoms with Gasteiger partial charge in [-0.1, -0.05) is 0 Å². The summed E-state index contributed by atoms with van der Waals surface area (Å²) in [4.78, 5) is 24.6. The maximum absolute atomic E-state index is 10.5. The van der Waals surface area contributed by atoms with E-state index < -0.39 is 18.5 Å². The fourth-order valence-corrected chi connectivity index (χ4v) is 1.26. The number of hydrogen-bond donors (Lipinski definition) is 4. The highest BCUT2D eigenvalue weighted by Crippen LogP contribution is 2.13. The van der Waals surface area contributed by atoms with Gasteiger partial charge in [-0.3, -0.25) is 9.79 Å². The van der Waals surface area contributed by atoms with Gasteiger partial charge >= 0.3 is 11.9 Å². The lowest BCUT2D eigenvalue weighted by Gasteiger charge is -2.00. The van der Waals surface area contributed by atoms with Crippen molar-refractivity contribution in [3.63, 3.8) is 0 Å². The second-order valence-electron chi connectivity index (χ2n) is 3.83. The number of carboxylic acid groups (broad SMARTS) is 2. The van der Waals surface area contributed by atoms with Gasteiger partial charge in [0.15, 0.2) is 0 Å². The average molecular weight is 290 g/mol. The summed E-state index contributed by atoms with van der Waals surface area (Å²) in [5.41, 5.74) is 0.898. The Morgan fingerprint density at radius 1 is 1.10 bits per heavy atom. The number of allylic oxidation sites excluding steroid dienone is 2. The van der Waals surface area contributed by atoms with Crippen molar-refractivity contribution < 1.29 is 24.9 Å². The third-order valence-corrected chi connectivity index (χ3v) is 2.16. The number of aliphatic imine (C=N–C) groups is 1. The van der Waals surface area contributed by atoms with Crippen LogP contribution in [0.2, 0.25) is 0 Å². The molecule has 0 radical (unpaired) electrons. The summed E-state index contributed by atoms with van der Waals surface area (Å²) in [7, 11) is 0. The molecule has 7 nitrogen and oxygen atoms in total. The molecule has 0 aliphatic heterocycles. The number of aliphatic carboxylic acids is 2. The number of phenols is 1. The predicted molar refractivity (Wildman–Crippen MR) is 77.6 cm³/mol. The standard InChI is InChI=1S/C14H14N2O5/c17-12-4-1-10(2-5-12)15-8-7-11(3-6-13(18)19)16-9-14(20)21/h1-8,15,17H,9H2,(H,18,19)(H,20,21)/b6-3-,8-7+,16-11?. The van der Waals surface area contributed by atoms with E-state index in [1.165, 1.54) is 30.5 Å². The summed E-state index contributed by atoms with van der Waals surface area (Å²) >= 11 is 0. The topological polar surface area (TPSA) is 119 Å². The Morgan fingerprint density at radius 2 is 1.76 bits per heavy atom. The summed E-state index contributed by atoms with van der Waals surface area (Å²) in [6.45, 7) is -0.456. The van der Waals surface area contributed by atoms with Gasteiger partial charge in [0.1, 0.15) is 12.3 Å². The second kappa shape index (κ2) is 8.16. The first kappa shape index (κ1) is 16.0. The first-order valence-corrected chi connectivity index (χ1v) is 5.87. The molecule has 0 aliphatic rings. The number of phenolic OH excluding ortho intramolecular Hbond substituents is 1. The van der Waals surface area contributed by atoms with E-state index in [9.17, 15) is 9.59 Å². The molecule has 0 heterocycles. The third-order valence-electron chi connectivity index (χ3n) is 2.16. The van der Waals surface area contributed by atoms with Crippen LogP contribution in [0.3, 0.4) is 0 Å². The number of benzene rings is 1. The summed E-state index contributed by atoms with van der Waals surface area (Å²) in [5.74, 6) is -2.13. The molecule has 0 fully saturated rings. The minimum Gasteiger partial charge on any atom is -0.508 e. The lowest BCUT2D eigenvalue weighted by atomic mass is 10.3. The summed E-state index contributed by atoms with van der Waals surface area (Å²) in [6.07, 6.45) is 4.99. The summed E-state index contributed by atoms with van der Waals surface area (Å²) < 4.78 is 0. The van der Waals surface area contributed by atoms with Crippen molar-refractivity contribution in [2.75, 3.05) is 11.9 Å². The number of anilines is 1. The molecule has 0 aliphatic carbocycles. The van der Waals surface area contributed by atoms with Crippen molar-refractivity contribution in [1.29, 1.82) is 0 Å². The second-order valence-corrected chi connectivity index (χ2v) is 3.83. The Balaban J connectivity index is 2.72. The number of nitrogens with zero attached hydrogens (tertiary/aromatic N) is 1. The zero-order chi connectivity index (χ0) is 15.7.